The molecule has 0 amide bonds. The molecule has 3 rings (SSSR count). The topological polar surface area (TPSA) is 34.1 Å². The molecule has 19 heavy (non-hydrogen) atoms. The largest absolute Gasteiger partial charge is 0.493 e. The average Bonchev–Trinajstić information content (AvgIpc) is 3.00. The molecule has 1 aromatic heterocycles. The van der Waals surface area contributed by atoms with E-state index < -0.39 is 0 Å². The lowest BCUT2D eigenvalue weighted by molar-refractivity contribution is 0.260. The minimum atomic E-state index is 0.651. The van der Waals surface area contributed by atoms with Crippen molar-refractivity contribution < 1.29 is 4.74 Å². The van der Waals surface area contributed by atoms with Gasteiger partial charge in [0.1, 0.15) is 5.75 Å². The molecule has 2 heterocycles. The minimum absolute atomic E-state index is 0.651. The third kappa shape index (κ3) is 3.12. The maximum Gasteiger partial charge on any atom is 0.119 e. The summed E-state index contributed by atoms with van der Waals surface area (Å²) in [6.45, 7) is 3.00. The zero-order chi connectivity index (χ0) is 12.9. The van der Waals surface area contributed by atoms with Gasteiger partial charge < -0.3 is 10.1 Å². The van der Waals surface area contributed by atoms with E-state index in [-0.39, 0.29) is 0 Å². The smallest absolute Gasteiger partial charge is 0.119 e. The van der Waals surface area contributed by atoms with Crippen molar-refractivity contribution in [3.05, 3.63) is 48.8 Å². The Morgan fingerprint density at radius 2 is 2.05 bits per heavy atom. The van der Waals surface area contributed by atoms with Crippen LogP contribution in [0.5, 0.6) is 5.75 Å². The summed E-state index contributed by atoms with van der Waals surface area (Å²) in [5.41, 5.74) is 2.30. The van der Waals surface area contributed by atoms with Gasteiger partial charge in [0.25, 0.3) is 0 Å². The molecule has 1 aromatic carbocycles. The average molecular weight is 254 g/mol. The Hall–Kier alpha value is -1.87. The van der Waals surface area contributed by atoms with E-state index in [1.807, 2.05) is 24.4 Å². The van der Waals surface area contributed by atoms with Gasteiger partial charge in [-0.15, -0.1) is 0 Å². The second-order valence-corrected chi connectivity index (χ2v) is 4.94. The highest BCUT2D eigenvalue weighted by atomic mass is 16.5. The third-order valence-corrected chi connectivity index (χ3v) is 3.50. The third-order valence-electron chi connectivity index (χ3n) is 3.50. The Kier molecular flexibility index (Phi) is 3.75. The van der Waals surface area contributed by atoms with Crippen molar-refractivity contribution in [1.29, 1.82) is 0 Å². The fourth-order valence-electron chi connectivity index (χ4n) is 2.35. The predicted octanol–water partition coefficient (Wildman–Crippen LogP) is 2.74. The first-order valence-corrected chi connectivity index (χ1v) is 6.76. The second kappa shape index (κ2) is 5.85. The van der Waals surface area contributed by atoms with Crippen LogP contribution in [0.4, 0.5) is 0 Å². The summed E-state index contributed by atoms with van der Waals surface area (Å²) < 4.78 is 5.83. The molecule has 3 nitrogen and oxygen atoms in total. The molecule has 0 spiro atoms. The van der Waals surface area contributed by atoms with Crippen molar-refractivity contribution in [2.75, 3.05) is 19.7 Å². The van der Waals surface area contributed by atoms with E-state index in [0.29, 0.717) is 5.92 Å². The molecule has 3 heteroatoms. The van der Waals surface area contributed by atoms with Crippen LogP contribution in [0.2, 0.25) is 0 Å². The van der Waals surface area contributed by atoms with Gasteiger partial charge >= 0.3 is 0 Å². The molecule has 1 atom stereocenters. The number of ether oxygens (including phenoxy) is 1. The Morgan fingerprint density at radius 3 is 2.74 bits per heavy atom. The fourth-order valence-corrected chi connectivity index (χ4v) is 2.35. The standard InChI is InChI=1S/C16H18N2O/c1-2-15(11-17-8-1)14-3-5-16(6-4-14)19-12-13-7-9-18-10-13/h1-6,8,11,13,18H,7,9-10,12H2. The number of rotatable bonds is 4. The molecule has 0 bridgehead atoms. The van der Waals surface area contributed by atoms with E-state index >= 15 is 0 Å². The maximum atomic E-state index is 5.83. The number of aromatic nitrogens is 1. The lowest BCUT2D eigenvalue weighted by atomic mass is 10.1. The highest BCUT2D eigenvalue weighted by Gasteiger charge is 2.14. The number of nitrogens with one attached hydrogen (secondary N) is 1. The number of pyridine rings is 1. The van der Waals surface area contributed by atoms with Crippen LogP contribution in [0.15, 0.2) is 48.8 Å². The molecule has 1 aliphatic heterocycles. The lowest BCUT2D eigenvalue weighted by Gasteiger charge is -2.11. The van der Waals surface area contributed by atoms with Gasteiger partial charge in [-0.25, -0.2) is 0 Å². The van der Waals surface area contributed by atoms with E-state index in [0.717, 1.165) is 31.0 Å². The molecule has 1 fully saturated rings. The molecule has 0 radical (unpaired) electrons. The van der Waals surface area contributed by atoms with Crippen molar-refractivity contribution in [2.45, 2.75) is 6.42 Å². The van der Waals surface area contributed by atoms with E-state index in [9.17, 15) is 0 Å². The van der Waals surface area contributed by atoms with E-state index in [4.69, 9.17) is 4.74 Å². The van der Waals surface area contributed by atoms with Gasteiger partial charge in [-0.1, -0.05) is 18.2 Å². The molecule has 1 unspecified atom stereocenters. The molecular formula is C16H18N2O. The van der Waals surface area contributed by atoms with Gasteiger partial charge in [-0.05, 0) is 42.3 Å². The highest BCUT2D eigenvalue weighted by molar-refractivity contribution is 5.62. The van der Waals surface area contributed by atoms with Crippen molar-refractivity contribution in [2.24, 2.45) is 5.92 Å². The second-order valence-electron chi connectivity index (χ2n) is 4.94. The predicted molar refractivity (Wildman–Crippen MR) is 76.1 cm³/mol. The van der Waals surface area contributed by atoms with Crippen LogP contribution in [0.3, 0.4) is 0 Å². The van der Waals surface area contributed by atoms with Gasteiger partial charge in [-0.3, -0.25) is 4.98 Å². The van der Waals surface area contributed by atoms with Gasteiger partial charge in [-0.2, -0.15) is 0 Å². The fraction of sp³-hybridized carbons (Fsp3) is 0.312. The van der Waals surface area contributed by atoms with Crippen LogP contribution in [-0.4, -0.2) is 24.7 Å². The normalized spacial score (nSPS) is 18.4. The van der Waals surface area contributed by atoms with Gasteiger partial charge in [0.15, 0.2) is 0 Å². The summed E-state index contributed by atoms with van der Waals surface area (Å²) in [5, 5.41) is 3.35. The van der Waals surface area contributed by atoms with Crippen molar-refractivity contribution in [1.82, 2.24) is 10.3 Å². The summed E-state index contributed by atoms with van der Waals surface area (Å²) in [6.07, 6.45) is 4.88. The summed E-state index contributed by atoms with van der Waals surface area (Å²) in [4.78, 5) is 4.13. The molecule has 0 saturated carbocycles. The van der Waals surface area contributed by atoms with Crippen LogP contribution < -0.4 is 10.1 Å². The summed E-state index contributed by atoms with van der Waals surface area (Å²) in [6, 6.07) is 12.2. The number of hydrogen-bond acceptors (Lipinski definition) is 3. The summed E-state index contributed by atoms with van der Waals surface area (Å²) >= 11 is 0. The first-order valence-electron chi connectivity index (χ1n) is 6.76. The Morgan fingerprint density at radius 1 is 1.16 bits per heavy atom. The monoisotopic (exact) mass is 254 g/mol. The summed E-state index contributed by atoms with van der Waals surface area (Å²) in [5.74, 6) is 1.59. The Bertz CT molecular complexity index is 504. The van der Waals surface area contributed by atoms with E-state index in [1.54, 1.807) is 6.20 Å². The molecule has 1 aliphatic rings. The Labute approximate surface area is 113 Å². The molecule has 1 saturated heterocycles. The van der Waals surface area contributed by atoms with Crippen molar-refractivity contribution >= 4 is 0 Å². The summed E-state index contributed by atoms with van der Waals surface area (Å²) in [7, 11) is 0. The molecule has 1 N–H and O–H groups in total. The first kappa shape index (κ1) is 12.2. The van der Waals surface area contributed by atoms with Crippen LogP contribution in [0.25, 0.3) is 11.1 Å². The first-order chi connectivity index (χ1) is 9.42. The molecular weight excluding hydrogens is 236 g/mol. The number of benzene rings is 1. The molecule has 98 valence electrons. The van der Waals surface area contributed by atoms with E-state index in [2.05, 4.69) is 28.5 Å². The minimum Gasteiger partial charge on any atom is -0.493 e. The van der Waals surface area contributed by atoms with Crippen LogP contribution in [-0.2, 0) is 0 Å². The van der Waals surface area contributed by atoms with Gasteiger partial charge in [0.2, 0.25) is 0 Å². The number of hydrogen-bond donors (Lipinski definition) is 1. The number of nitrogens with zero attached hydrogens (tertiary/aromatic N) is 1. The lowest BCUT2D eigenvalue weighted by Crippen LogP contribution is -2.15. The zero-order valence-corrected chi connectivity index (χ0v) is 10.9. The van der Waals surface area contributed by atoms with Gasteiger partial charge in [0.05, 0.1) is 6.61 Å². The molecule has 0 aliphatic carbocycles. The quantitative estimate of drug-likeness (QED) is 0.911. The highest BCUT2D eigenvalue weighted by Crippen LogP contribution is 2.22. The van der Waals surface area contributed by atoms with Crippen molar-refractivity contribution in [3.8, 4) is 16.9 Å². The van der Waals surface area contributed by atoms with Crippen LogP contribution in [0.1, 0.15) is 6.42 Å². The van der Waals surface area contributed by atoms with Crippen molar-refractivity contribution in [3.63, 3.8) is 0 Å². The molecule has 2 aromatic rings. The van der Waals surface area contributed by atoms with E-state index in [1.165, 1.54) is 12.0 Å². The van der Waals surface area contributed by atoms with Crippen LogP contribution >= 0.6 is 0 Å². The van der Waals surface area contributed by atoms with Gasteiger partial charge in [0, 0.05) is 24.9 Å². The zero-order valence-electron chi connectivity index (χ0n) is 10.9. The van der Waals surface area contributed by atoms with Crippen LogP contribution in [0, 0.1) is 5.92 Å². The SMILES string of the molecule is c1cncc(-c2ccc(OCC3CCNC3)cc2)c1. The Balaban J connectivity index is 1.62. The maximum absolute atomic E-state index is 5.83.